The number of H-pyrrole nitrogens is 1. The van der Waals surface area contributed by atoms with E-state index in [4.69, 9.17) is 4.74 Å². The lowest BCUT2D eigenvalue weighted by molar-refractivity contribution is -0.387. The number of nitrogens with one attached hydrogen (secondary N) is 1. The van der Waals surface area contributed by atoms with Gasteiger partial charge in [0, 0.05) is 55.3 Å². The van der Waals surface area contributed by atoms with E-state index in [-0.39, 0.29) is 24.5 Å². The maximum Gasteiger partial charge on any atom is 0.323 e. The summed E-state index contributed by atoms with van der Waals surface area (Å²) in [4.78, 5) is 28.2. The van der Waals surface area contributed by atoms with Crippen molar-refractivity contribution in [3.05, 3.63) is 70.4 Å². The average molecular weight is 487 g/mol. The summed E-state index contributed by atoms with van der Waals surface area (Å²) in [5, 5.41) is 12.4. The Balaban J connectivity index is 1.57. The summed E-state index contributed by atoms with van der Waals surface area (Å²) in [5.41, 5.74) is 1.48. The van der Waals surface area contributed by atoms with Gasteiger partial charge in [-0.3, -0.25) is 19.8 Å². The Morgan fingerprint density at radius 3 is 2.62 bits per heavy atom. The molecule has 1 N–H and O–H groups in total. The average Bonchev–Trinajstić information content (AvgIpc) is 3.24. The summed E-state index contributed by atoms with van der Waals surface area (Å²) < 4.78 is 32.9. The first-order chi connectivity index (χ1) is 16.2. The molecular weight excluding hydrogens is 460 g/mol. The molecule has 2 atom stereocenters. The van der Waals surface area contributed by atoms with Crippen LogP contribution in [0.2, 0.25) is 0 Å². The van der Waals surface area contributed by atoms with Crippen molar-refractivity contribution in [1.29, 1.82) is 0 Å². The molecule has 0 spiro atoms. The molecule has 0 bridgehead atoms. The lowest BCUT2D eigenvalue weighted by atomic mass is 10.0. The van der Waals surface area contributed by atoms with Crippen molar-refractivity contribution >= 4 is 32.6 Å². The van der Waals surface area contributed by atoms with Crippen LogP contribution in [0.1, 0.15) is 12.5 Å². The minimum atomic E-state index is -4.10. The smallest absolute Gasteiger partial charge is 0.323 e. The summed E-state index contributed by atoms with van der Waals surface area (Å²) >= 11 is 0. The number of fused-ring (bicyclic) bond motifs is 1. The van der Waals surface area contributed by atoms with Gasteiger partial charge in [-0.25, -0.2) is 8.42 Å². The third-order valence-electron chi connectivity index (χ3n) is 6.25. The van der Waals surface area contributed by atoms with E-state index in [1.807, 2.05) is 35.4 Å². The summed E-state index contributed by atoms with van der Waals surface area (Å²) in [6.07, 6.45) is 2.28. The van der Waals surface area contributed by atoms with E-state index < -0.39 is 38.7 Å². The number of nitrogens with zero attached hydrogens (tertiary/aromatic N) is 3. The van der Waals surface area contributed by atoms with Crippen LogP contribution in [0.5, 0.6) is 0 Å². The number of piperazine rings is 1. The number of hydrogen-bond donors (Lipinski definition) is 1. The zero-order valence-corrected chi connectivity index (χ0v) is 19.7. The fraction of sp³-hybridized carbons (Fsp3) is 0.348. The van der Waals surface area contributed by atoms with Gasteiger partial charge in [0.15, 0.2) is 4.90 Å². The number of carbonyl (C=O) groups excluding carboxylic acids is 1. The number of benzene rings is 2. The number of aromatic nitrogens is 1. The minimum Gasteiger partial charge on any atom is -0.468 e. The SMILES string of the molecule is COC(=O)[C@H](Cc1c[nH]c2ccccc12)N1CCN(S(=O)(=O)c2ccccc2[N+](=O)[O-])[C@@H](C)C1. The van der Waals surface area contributed by atoms with E-state index in [1.54, 1.807) is 6.92 Å². The first-order valence-electron chi connectivity index (χ1n) is 10.9. The Hall–Kier alpha value is -3.28. The summed E-state index contributed by atoms with van der Waals surface area (Å²) in [6, 6.07) is 12.0. The van der Waals surface area contributed by atoms with Crippen molar-refractivity contribution in [2.24, 2.45) is 0 Å². The second kappa shape index (κ2) is 9.53. The fourth-order valence-electron chi connectivity index (χ4n) is 4.57. The van der Waals surface area contributed by atoms with Crippen LogP contribution in [0.25, 0.3) is 10.9 Å². The van der Waals surface area contributed by atoms with Gasteiger partial charge >= 0.3 is 5.97 Å². The van der Waals surface area contributed by atoms with Crippen molar-refractivity contribution in [2.75, 3.05) is 26.7 Å². The molecular formula is C23H26N4O6S. The van der Waals surface area contributed by atoms with Crippen LogP contribution in [-0.2, 0) is 26.0 Å². The number of nitro groups is 1. The Morgan fingerprint density at radius 1 is 1.21 bits per heavy atom. The number of hydrogen-bond acceptors (Lipinski definition) is 7. The second-order valence-electron chi connectivity index (χ2n) is 8.29. The number of para-hydroxylation sites is 2. The monoisotopic (exact) mass is 486 g/mol. The Bertz CT molecular complexity index is 1320. The van der Waals surface area contributed by atoms with Gasteiger partial charge in [0.1, 0.15) is 6.04 Å². The van der Waals surface area contributed by atoms with E-state index in [2.05, 4.69) is 4.98 Å². The van der Waals surface area contributed by atoms with Crippen LogP contribution in [0.4, 0.5) is 5.69 Å². The third-order valence-corrected chi connectivity index (χ3v) is 8.31. The molecule has 1 saturated heterocycles. The molecule has 0 aliphatic carbocycles. The molecule has 11 heteroatoms. The summed E-state index contributed by atoms with van der Waals surface area (Å²) in [6.45, 7) is 2.39. The minimum absolute atomic E-state index is 0.0942. The fourth-order valence-corrected chi connectivity index (χ4v) is 6.34. The maximum atomic E-state index is 13.3. The number of ether oxygens (including phenoxy) is 1. The van der Waals surface area contributed by atoms with Gasteiger partial charge in [-0.1, -0.05) is 30.3 Å². The van der Waals surface area contributed by atoms with Crippen molar-refractivity contribution in [3.63, 3.8) is 0 Å². The van der Waals surface area contributed by atoms with Crippen LogP contribution >= 0.6 is 0 Å². The first-order valence-corrected chi connectivity index (χ1v) is 12.3. The molecule has 0 amide bonds. The number of nitro benzene ring substituents is 1. The normalized spacial score (nSPS) is 18.6. The highest BCUT2D eigenvalue weighted by molar-refractivity contribution is 7.89. The van der Waals surface area contributed by atoms with Crippen molar-refractivity contribution < 1.29 is 22.9 Å². The van der Waals surface area contributed by atoms with Gasteiger partial charge < -0.3 is 9.72 Å². The predicted octanol–water partition coefficient (Wildman–Crippen LogP) is 2.56. The molecule has 4 rings (SSSR count). The van der Waals surface area contributed by atoms with Gasteiger partial charge in [-0.15, -0.1) is 0 Å². The van der Waals surface area contributed by atoms with Gasteiger partial charge in [-0.2, -0.15) is 4.31 Å². The van der Waals surface area contributed by atoms with Crippen molar-refractivity contribution in [1.82, 2.24) is 14.2 Å². The molecule has 2 aromatic carbocycles. The number of sulfonamides is 1. The largest absolute Gasteiger partial charge is 0.468 e. The molecule has 34 heavy (non-hydrogen) atoms. The number of methoxy groups -OCH3 is 1. The van der Waals surface area contributed by atoms with E-state index in [0.717, 1.165) is 16.5 Å². The molecule has 1 fully saturated rings. The lowest BCUT2D eigenvalue weighted by Gasteiger charge is -2.41. The highest BCUT2D eigenvalue weighted by Gasteiger charge is 2.40. The first kappa shape index (κ1) is 23.9. The lowest BCUT2D eigenvalue weighted by Crippen LogP contribution is -2.58. The maximum absolute atomic E-state index is 13.3. The summed E-state index contributed by atoms with van der Waals surface area (Å²) in [7, 11) is -2.76. The van der Waals surface area contributed by atoms with E-state index in [0.29, 0.717) is 6.42 Å². The molecule has 0 saturated carbocycles. The van der Waals surface area contributed by atoms with Crippen LogP contribution < -0.4 is 0 Å². The molecule has 1 aliphatic heterocycles. The van der Waals surface area contributed by atoms with Crippen LogP contribution in [0, 0.1) is 10.1 Å². The van der Waals surface area contributed by atoms with Crippen LogP contribution in [0.3, 0.4) is 0 Å². The van der Waals surface area contributed by atoms with Gasteiger partial charge in [0.25, 0.3) is 5.69 Å². The predicted molar refractivity (Wildman–Crippen MR) is 126 cm³/mol. The van der Waals surface area contributed by atoms with E-state index in [1.165, 1.54) is 35.7 Å². The van der Waals surface area contributed by atoms with Crippen LogP contribution in [-0.4, -0.2) is 72.3 Å². The Kier molecular flexibility index (Phi) is 6.69. The molecule has 2 heterocycles. The Labute approximate surface area is 197 Å². The highest BCUT2D eigenvalue weighted by atomic mass is 32.2. The van der Waals surface area contributed by atoms with E-state index in [9.17, 15) is 23.3 Å². The van der Waals surface area contributed by atoms with Gasteiger partial charge in [0.05, 0.1) is 12.0 Å². The van der Waals surface area contributed by atoms with Gasteiger partial charge in [0.2, 0.25) is 10.0 Å². The number of rotatable bonds is 7. The zero-order chi connectivity index (χ0) is 24.5. The molecule has 180 valence electrons. The molecule has 3 aromatic rings. The van der Waals surface area contributed by atoms with Crippen LogP contribution in [0.15, 0.2) is 59.6 Å². The van der Waals surface area contributed by atoms with Crippen molar-refractivity contribution in [3.8, 4) is 0 Å². The Morgan fingerprint density at radius 2 is 1.91 bits per heavy atom. The molecule has 10 nitrogen and oxygen atoms in total. The number of aromatic amines is 1. The summed E-state index contributed by atoms with van der Waals surface area (Å²) in [5.74, 6) is -0.396. The van der Waals surface area contributed by atoms with Gasteiger partial charge in [-0.05, 0) is 24.6 Å². The second-order valence-corrected chi connectivity index (χ2v) is 10.1. The topological polar surface area (TPSA) is 126 Å². The quantitative estimate of drug-likeness (QED) is 0.309. The standard InChI is InChI=1S/C23H26N4O6S/c1-16-15-25(11-12-26(16)34(31,32)22-10-6-5-9-20(22)27(29)30)21(23(28)33-2)13-17-14-24-19-8-4-3-7-18(17)19/h3-10,14,16,21,24H,11-13,15H2,1-2H3/t16-,21-/m0/s1. The number of esters is 1. The molecule has 0 radical (unpaired) electrons. The molecule has 0 unspecified atom stereocenters. The van der Waals surface area contributed by atoms with E-state index >= 15 is 0 Å². The number of carbonyl (C=O) groups is 1. The zero-order valence-electron chi connectivity index (χ0n) is 18.9. The molecule has 1 aliphatic rings. The highest BCUT2D eigenvalue weighted by Crippen LogP contribution is 2.30. The van der Waals surface area contributed by atoms with Crippen molar-refractivity contribution in [2.45, 2.75) is 30.3 Å². The third kappa shape index (κ3) is 4.41. The molecule has 1 aromatic heterocycles.